The minimum atomic E-state index is -2.89. The van der Waals surface area contributed by atoms with Gasteiger partial charge >= 0.3 is 0 Å². The molecule has 1 unspecified atom stereocenters. The molecule has 0 aliphatic heterocycles. The molecule has 0 saturated carbocycles. The van der Waals surface area contributed by atoms with E-state index in [1.165, 1.54) is 0 Å². The molecule has 0 fully saturated rings. The van der Waals surface area contributed by atoms with E-state index < -0.39 is 25.6 Å². The van der Waals surface area contributed by atoms with Crippen LogP contribution in [0.5, 0.6) is 0 Å². The number of hydrogen-bond donors (Lipinski definition) is 1. The zero-order valence-corrected chi connectivity index (χ0v) is 10.9. The van der Waals surface area contributed by atoms with Crippen molar-refractivity contribution in [1.29, 1.82) is 0 Å². The van der Waals surface area contributed by atoms with Gasteiger partial charge in [-0.1, -0.05) is 48.5 Å². The molecule has 0 saturated heterocycles. The quantitative estimate of drug-likeness (QED) is 0.570. The Morgan fingerprint density at radius 1 is 1.00 bits per heavy atom. The second-order valence-corrected chi connectivity index (χ2v) is 4.64. The van der Waals surface area contributed by atoms with Crippen LogP contribution in [0.1, 0.15) is 15.2 Å². The van der Waals surface area contributed by atoms with Gasteiger partial charge in [0.25, 0.3) is 0 Å². The molecule has 2 heteroatoms. The summed E-state index contributed by atoms with van der Waals surface area (Å²) in [5.41, 5.74) is 0.802. The van der Waals surface area contributed by atoms with E-state index in [-0.39, 0.29) is 6.61 Å². The summed E-state index contributed by atoms with van der Waals surface area (Å²) in [4.78, 5) is -0.875. The second kappa shape index (κ2) is 5.61. The van der Waals surface area contributed by atoms with Crippen molar-refractivity contribution in [2.24, 2.45) is 0 Å². The minimum absolute atomic E-state index is 0.0638. The molecule has 0 aromatic heterocycles. The van der Waals surface area contributed by atoms with Gasteiger partial charge in [-0.2, -0.15) is 0 Å². The molecule has 0 aliphatic carbocycles. The molecule has 20 heavy (non-hydrogen) atoms. The number of benzene rings is 3. The van der Waals surface area contributed by atoms with Gasteiger partial charge in [-0.15, -0.1) is 0 Å². The van der Waals surface area contributed by atoms with Crippen LogP contribution in [0.25, 0.3) is 21.5 Å². The Balaban J connectivity index is 1.98. The van der Waals surface area contributed by atoms with E-state index in [9.17, 15) is 0 Å². The molecule has 0 aliphatic rings. The van der Waals surface area contributed by atoms with Gasteiger partial charge in [0.05, 0.1) is 28.8 Å². The largest absolute Gasteiger partial charge is 0.327 e. The molecule has 0 amide bonds. The SMILES string of the molecule is [2H]C(OCc1c2ccccc2cc2ccccc12)[NH+](C([2H])([2H])[2H])C([2H])([2H])[2H]. The van der Waals surface area contributed by atoms with E-state index >= 15 is 0 Å². The van der Waals surface area contributed by atoms with Gasteiger partial charge in [-0.25, -0.2) is 0 Å². The first-order valence-corrected chi connectivity index (χ1v) is 6.40. The van der Waals surface area contributed by atoms with Crippen LogP contribution in [0.2, 0.25) is 0 Å². The van der Waals surface area contributed by atoms with E-state index in [1.807, 2.05) is 48.5 Å². The van der Waals surface area contributed by atoms with Crippen LogP contribution in [-0.2, 0) is 11.3 Å². The van der Waals surface area contributed by atoms with Gasteiger partial charge in [0.1, 0.15) is 1.37 Å². The van der Waals surface area contributed by atoms with Crippen molar-refractivity contribution in [1.82, 2.24) is 0 Å². The molecule has 0 radical (unpaired) electrons. The Bertz CT molecular complexity index is 884. The molecule has 2 nitrogen and oxygen atoms in total. The average Bonchev–Trinajstić information content (AvgIpc) is 2.56. The van der Waals surface area contributed by atoms with Gasteiger partial charge in [-0.3, -0.25) is 0 Å². The topological polar surface area (TPSA) is 13.7 Å². The zero-order chi connectivity index (χ0) is 19.8. The third-order valence-corrected chi connectivity index (χ3v) is 3.31. The lowest BCUT2D eigenvalue weighted by Crippen LogP contribution is -3.06. The van der Waals surface area contributed by atoms with Crippen molar-refractivity contribution in [2.45, 2.75) is 6.61 Å². The predicted octanol–water partition coefficient (Wildman–Crippen LogP) is 2.61. The number of quaternary nitrogens is 1. The van der Waals surface area contributed by atoms with Gasteiger partial charge < -0.3 is 9.64 Å². The summed E-state index contributed by atoms with van der Waals surface area (Å²) in [7, 11) is 0. The van der Waals surface area contributed by atoms with Crippen molar-refractivity contribution in [2.75, 3.05) is 20.7 Å². The lowest BCUT2D eigenvalue weighted by Gasteiger charge is -2.13. The van der Waals surface area contributed by atoms with E-state index in [2.05, 4.69) is 6.07 Å². The summed E-state index contributed by atoms with van der Waals surface area (Å²) < 4.78 is 58.2. The Hall–Kier alpha value is -1.90. The highest BCUT2D eigenvalue weighted by atomic mass is 16.5. The number of ether oxygens (including phenoxy) is 1. The van der Waals surface area contributed by atoms with Crippen LogP contribution in [0.4, 0.5) is 0 Å². The first kappa shape index (κ1) is 7.21. The smallest absolute Gasteiger partial charge is 0.181 e. The molecular formula is C18H20NO+. The van der Waals surface area contributed by atoms with Crippen LogP contribution in [0, 0.1) is 0 Å². The Labute approximate surface area is 129 Å². The fourth-order valence-corrected chi connectivity index (χ4v) is 2.47. The van der Waals surface area contributed by atoms with E-state index in [1.54, 1.807) is 0 Å². The molecule has 3 aromatic rings. The predicted molar refractivity (Wildman–Crippen MR) is 83.9 cm³/mol. The van der Waals surface area contributed by atoms with Crippen molar-refractivity contribution in [3.63, 3.8) is 0 Å². The fourth-order valence-electron chi connectivity index (χ4n) is 2.47. The molecule has 0 bridgehead atoms. The van der Waals surface area contributed by atoms with Crippen molar-refractivity contribution in [3.8, 4) is 0 Å². The normalized spacial score (nSPS) is 19.6. The average molecular weight is 273 g/mol. The highest BCUT2D eigenvalue weighted by Crippen LogP contribution is 2.28. The second-order valence-electron chi connectivity index (χ2n) is 4.64. The molecule has 3 aromatic carbocycles. The first-order chi connectivity index (χ1) is 12.6. The molecule has 0 spiro atoms. The summed E-state index contributed by atoms with van der Waals surface area (Å²) in [6.45, 7) is -7.62. The molecule has 0 heterocycles. The highest BCUT2D eigenvalue weighted by molar-refractivity contribution is 6.02. The van der Waals surface area contributed by atoms with E-state index in [0.717, 1.165) is 27.1 Å². The lowest BCUT2D eigenvalue weighted by atomic mass is 9.97. The maximum Gasteiger partial charge on any atom is 0.181 e. The molecule has 1 N–H and O–H groups in total. The molecular weight excluding hydrogens is 246 g/mol. The Morgan fingerprint density at radius 3 is 2.20 bits per heavy atom. The number of fused-ring (bicyclic) bond motifs is 2. The van der Waals surface area contributed by atoms with Gasteiger partial charge in [0.15, 0.2) is 6.71 Å². The standard InChI is InChI=1S/C18H19NO/c1-19(2)13-20-12-18-16-9-5-3-7-14(16)11-15-8-4-6-10-17(15)18/h3-11H,12-13H2,1-2H3/p+1/i1D3,2D3,13D. The molecule has 102 valence electrons. The summed E-state index contributed by atoms with van der Waals surface area (Å²) in [5, 5.41) is 3.83. The van der Waals surface area contributed by atoms with Gasteiger partial charge in [0.2, 0.25) is 0 Å². The highest BCUT2D eigenvalue weighted by Gasteiger charge is 2.07. The molecule has 3 rings (SSSR count). The summed E-state index contributed by atoms with van der Waals surface area (Å²) >= 11 is 0. The number of rotatable bonds is 4. The van der Waals surface area contributed by atoms with E-state index in [0.29, 0.717) is 0 Å². The summed E-state index contributed by atoms with van der Waals surface area (Å²) in [6, 6.07) is 17.5. The summed E-state index contributed by atoms with van der Waals surface area (Å²) in [5.74, 6) is 0. The third kappa shape index (κ3) is 2.53. The van der Waals surface area contributed by atoms with Crippen molar-refractivity contribution < 1.29 is 19.2 Å². The number of nitrogens with one attached hydrogen (secondary N) is 1. The maximum atomic E-state index is 8.03. The number of hydrogen-bond acceptors (Lipinski definition) is 1. The first-order valence-electron chi connectivity index (χ1n) is 9.98. The van der Waals surface area contributed by atoms with Crippen LogP contribution < -0.4 is 4.90 Å². The summed E-state index contributed by atoms with van der Waals surface area (Å²) in [6.07, 6.45) is 0. The van der Waals surface area contributed by atoms with Crippen LogP contribution in [0.15, 0.2) is 54.6 Å². The van der Waals surface area contributed by atoms with Gasteiger partial charge in [0, 0.05) is 0 Å². The minimum Gasteiger partial charge on any atom is -0.327 e. The maximum absolute atomic E-state index is 8.03. The van der Waals surface area contributed by atoms with Crippen LogP contribution >= 0.6 is 0 Å². The Kier molecular flexibility index (Phi) is 2.02. The van der Waals surface area contributed by atoms with Gasteiger partial charge in [-0.05, 0) is 33.2 Å². The van der Waals surface area contributed by atoms with Crippen molar-refractivity contribution in [3.05, 3.63) is 60.2 Å². The molecule has 1 atom stereocenters. The monoisotopic (exact) mass is 273 g/mol. The Morgan fingerprint density at radius 2 is 1.60 bits per heavy atom. The fraction of sp³-hybridized carbons (Fsp3) is 0.222. The van der Waals surface area contributed by atoms with Crippen molar-refractivity contribution >= 4 is 21.5 Å². The third-order valence-electron chi connectivity index (χ3n) is 3.31. The zero-order valence-electron chi connectivity index (χ0n) is 17.9. The lowest BCUT2D eigenvalue weighted by molar-refractivity contribution is -0.880. The van der Waals surface area contributed by atoms with E-state index in [4.69, 9.17) is 14.3 Å². The van der Waals surface area contributed by atoms with Crippen LogP contribution in [-0.4, -0.2) is 20.7 Å². The van der Waals surface area contributed by atoms with Crippen LogP contribution in [0.3, 0.4) is 0 Å².